The van der Waals surface area contributed by atoms with Gasteiger partial charge in [0.15, 0.2) is 0 Å². The molecule has 0 atom stereocenters. The first-order valence-electron chi connectivity index (χ1n) is 5.43. The molecule has 0 aliphatic rings. The number of rotatable bonds is 6. The van der Waals surface area contributed by atoms with E-state index in [4.69, 9.17) is 5.73 Å². The first-order valence-corrected chi connectivity index (χ1v) is 6.51. The molecule has 1 aromatic rings. The highest BCUT2D eigenvalue weighted by atomic mass is 127. The van der Waals surface area contributed by atoms with E-state index in [2.05, 4.69) is 27.9 Å². The molecule has 1 amide bonds. The summed E-state index contributed by atoms with van der Waals surface area (Å²) < 4.78 is 1.16. The molecule has 0 aliphatic carbocycles. The van der Waals surface area contributed by atoms with Gasteiger partial charge in [-0.05, 0) is 59.7 Å². The van der Waals surface area contributed by atoms with Crippen molar-refractivity contribution in [2.24, 2.45) is 5.73 Å². The predicted octanol–water partition coefficient (Wildman–Crippen LogP) is 1.69. The van der Waals surface area contributed by atoms with Crippen LogP contribution in [0.25, 0.3) is 0 Å². The van der Waals surface area contributed by atoms with E-state index in [1.165, 1.54) is 0 Å². The molecule has 0 aliphatic heterocycles. The second-order valence-corrected chi connectivity index (χ2v) is 4.90. The molecule has 1 rings (SSSR count). The van der Waals surface area contributed by atoms with Crippen LogP contribution in [0.2, 0.25) is 0 Å². The lowest BCUT2D eigenvalue weighted by Gasteiger charge is -2.05. The summed E-state index contributed by atoms with van der Waals surface area (Å²) in [5, 5.41) is 2.89. The Labute approximate surface area is 110 Å². The molecule has 0 spiro atoms. The highest BCUT2D eigenvalue weighted by Crippen LogP contribution is 2.08. The molecule has 0 aromatic heterocycles. The van der Waals surface area contributed by atoms with Crippen molar-refractivity contribution in [3.63, 3.8) is 0 Å². The predicted molar refractivity (Wildman–Crippen MR) is 74.2 cm³/mol. The molecule has 0 bridgehead atoms. The highest BCUT2D eigenvalue weighted by Gasteiger charge is 2.02. The summed E-state index contributed by atoms with van der Waals surface area (Å²) in [4.78, 5) is 11.5. The van der Waals surface area contributed by atoms with Crippen LogP contribution < -0.4 is 11.1 Å². The second-order valence-electron chi connectivity index (χ2n) is 3.65. The maximum absolute atomic E-state index is 11.5. The Morgan fingerprint density at radius 2 is 2.19 bits per heavy atom. The summed E-state index contributed by atoms with van der Waals surface area (Å²) >= 11 is 2.25. The van der Waals surface area contributed by atoms with Crippen LogP contribution in [0.15, 0.2) is 24.3 Å². The molecule has 16 heavy (non-hydrogen) atoms. The van der Waals surface area contributed by atoms with Crippen molar-refractivity contribution in [1.29, 1.82) is 0 Å². The van der Waals surface area contributed by atoms with Gasteiger partial charge in [-0.3, -0.25) is 4.79 Å². The Balaban J connectivity index is 2.29. The van der Waals surface area contributed by atoms with E-state index in [0.717, 1.165) is 28.5 Å². The maximum Gasteiger partial charge on any atom is 0.224 e. The summed E-state index contributed by atoms with van der Waals surface area (Å²) in [7, 11) is 0. The highest BCUT2D eigenvalue weighted by molar-refractivity contribution is 14.1. The molecule has 0 fully saturated rings. The number of carbonyl (C=O) groups is 1. The molecule has 1 aromatic carbocycles. The molecular weight excluding hydrogens is 315 g/mol. The Kier molecular flexibility index (Phi) is 6.40. The van der Waals surface area contributed by atoms with Crippen molar-refractivity contribution in [3.8, 4) is 0 Å². The van der Waals surface area contributed by atoms with Gasteiger partial charge in [0.25, 0.3) is 0 Å². The van der Waals surface area contributed by atoms with Crippen LogP contribution in [-0.2, 0) is 11.2 Å². The number of nitrogens with one attached hydrogen (secondary N) is 1. The summed E-state index contributed by atoms with van der Waals surface area (Å²) in [6, 6.07) is 7.99. The smallest absolute Gasteiger partial charge is 0.224 e. The quantitative estimate of drug-likeness (QED) is 0.615. The van der Waals surface area contributed by atoms with Gasteiger partial charge in [-0.1, -0.05) is 12.1 Å². The maximum atomic E-state index is 11.5. The molecule has 0 saturated carbocycles. The Morgan fingerprint density at radius 1 is 1.38 bits per heavy atom. The summed E-state index contributed by atoms with van der Waals surface area (Å²) in [6.45, 7) is 1.41. The molecule has 88 valence electrons. The van der Waals surface area contributed by atoms with E-state index in [1.807, 2.05) is 24.3 Å². The third-order valence-corrected chi connectivity index (χ3v) is 2.88. The Hall–Kier alpha value is -0.620. The third kappa shape index (κ3) is 5.46. The van der Waals surface area contributed by atoms with Gasteiger partial charge in [-0.2, -0.15) is 0 Å². The van der Waals surface area contributed by atoms with Crippen LogP contribution in [0, 0.1) is 3.57 Å². The summed E-state index contributed by atoms with van der Waals surface area (Å²) in [5.74, 6) is 0.0824. The first kappa shape index (κ1) is 13.4. The lowest BCUT2D eigenvalue weighted by molar-refractivity contribution is -0.120. The molecule has 0 unspecified atom stereocenters. The minimum Gasteiger partial charge on any atom is -0.356 e. The molecule has 0 radical (unpaired) electrons. The van der Waals surface area contributed by atoms with Crippen LogP contribution in [0.3, 0.4) is 0 Å². The van der Waals surface area contributed by atoms with E-state index in [-0.39, 0.29) is 5.91 Å². The van der Waals surface area contributed by atoms with Crippen LogP contribution in [0.4, 0.5) is 0 Å². The zero-order chi connectivity index (χ0) is 11.8. The van der Waals surface area contributed by atoms with Gasteiger partial charge in [0.2, 0.25) is 5.91 Å². The summed E-state index contributed by atoms with van der Waals surface area (Å²) in [6.07, 6.45) is 2.37. The fourth-order valence-electron chi connectivity index (χ4n) is 1.39. The zero-order valence-electron chi connectivity index (χ0n) is 9.21. The SMILES string of the molecule is NCCCCNC(=O)Cc1cccc(I)c1. The molecule has 3 nitrogen and oxygen atoms in total. The second kappa shape index (κ2) is 7.62. The molecular formula is C12H17IN2O. The van der Waals surface area contributed by atoms with Crippen molar-refractivity contribution in [3.05, 3.63) is 33.4 Å². The number of amides is 1. The number of benzene rings is 1. The van der Waals surface area contributed by atoms with E-state index in [9.17, 15) is 4.79 Å². The van der Waals surface area contributed by atoms with Crippen LogP contribution >= 0.6 is 22.6 Å². The number of hydrogen-bond donors (Lipinski definition) is 2. The average Bonchev–Trinajstić information content (AvgIpc) is 2.24. The molecule has 3 N–H and O–H groups in total. The summed E-state index contributed by atoms with van der Waals surface area (Å²) in [5.41, 5.74) is 6.43. The minimum absolute atomic E-state index is 0.0824. The van der Waals surface area contributed by atoms with Gasteiger partial charge >= 0.3 is 0 Å². The zero-order valence-corrected chi connectivity index (χ0v) is 11.4. The van der Waals surface area contributed by atoms with Crippen molar-refractivity contribution >= 4 is 28.5 Å². The van der Waals surface area contributed by atoms with Gasteiger partial charge in [0.05, 0.1) is 6.42 Å². The largest absolute Gasteiger partial charge is 0.356 e. The van der Waals surface area contributed by atoms with E-state index in [0.29, 0.717) is 13.0 Å². The molecule has 0 heterocycles. The van der Waals surface area contributed by atoms with Gasteiger partial charge < -0.3 is 11.1 Å². The van der Waals surface area contributed by atoms with Gasteiger partial charge in [-0.15, -0.1) is 0 Å². The number of nitrogens with two attached hydrogens (primary N) is 1. The van der Waals surface area contributed by atoms with E-state index < -0.39 is 0 Å². The third-order valence-electron chi connectivity index (χ3n) is 2.21. The van der Waals surface area contributed by atoms with Crippen LogP contribution in [-0.4, -0.2) is 19.0 Å². The van der Waals surface area contributed by atoms with Crippen LogP contribution in [0.5, 0.6) is 0 Å². The van der Waals surface area contributed by atoms with Crippen molar-refractivity contribution < 1.29 is 4.79 Å². The van der Waals surface area contributed by atoms with Crippen molar-refractivity contribution in [2.75, 3.05) is 13.1 Å². The van der Waals surface area contributed by atoms with E-state index in [1.54, 1.807) is 0 Å². The van der Waals surface area contributed by atoms with Gasteiger partial charge in [-0.25, -0.2) is 0 Å². The average molecular weight is 332 g/mol. The number of hydrogen-bond acceptors (Lipinski definition) is 2. The lowest BCUT2D eigenvalue weighted by Crippen LogP contribution is -2.26. The van der Waals surface area contributed by atoms with Crippen molar-refractivity contribution in [2.45, 2.75) is 19.3 Å². The fourth-order valence-corrected chi connectivity index (χ4v) is 2.00. The number of unbranched alkanes of at least 4 members (excludes halogenated alkanes) is 1. The number of halogens is 1. The topological polar surface area (TPSA) is 55.1 Å². The molecule has 4 heteroatoms. The standard InChI is InChI=1S/C12H17IN2O/c13-11-5-3-4-10(8-11)9-12(16)15-7-2-1-6-14/h3-5,8H,1-2,6-7,9,14H2,(H,15,16). The number of carbonyl (C=O) groups excluding carboxylic acids is 1. The first-order chi connectivity index (χ1) is 7.72. The Bertz CT molecular complexity index is 342. The van der Waals surface area contributed by atoms with Gasteiger partial charge in [0, 0.05) is 10.1 Å². The van der Waals surface area contributed by atoms with Crippen LogP contribution in [0.1, 0.15) is 18.4 Å². The van der Waals surface area contributed by atoms with Gasteiger partial charge in [0.1, 0.15) is 0 Å². The monoisotopic (exact) mass is 332 g/mol. The normalized spacial score (nSPS) is 10.1. The lowest BCUT2D eigenvalue weighted by atomic mass is 10.1. The van der Waals surface area contributed by atoms with Crippen molar-refractivity contribution in [1.82, 2.24) is 5.32 Å². The minimum atomic E-state index is 0.0824. The fraction of sp³-hybridized carbons (Fsp3) is 0.417. The van der Waals surface area contributed by atoms with E-state index >= 15 is 0 Å². The molecule has 0 saturated heterocycles. The Morgan fingerprint density at radius 3 is 2.88 bits per heavy atom.